The summed E-state index contributed by atoms with van der Waals surface area (Å²) >= 11 is 0. The number of anilines is 2. The molecule has 0 aliphatic carbocycles. The highest BCUT2D eigenvalue weighted by molar-refractivity contribution is 5.95. The van der Waals surface area contributed by atoms with Gasteiger partial charge in [-0.05, 0) is 43.6 Å². The highest BCUT2D eigenvalue weighted by atomic mass is 16.2. The van der Waals surface area contributed by atoms with Crippen molar-refractivity contribution in [2.45, 2.75) is 27.2 Å². The van der Waals surface area contributed by atoms with Crippen LogP contribution in [0.2, 0.25) is 0 Å². The molecule has 5 heteroatoms. The Labute approximate surface area is 125 Å². The lowest BCUT2D eigenvalue weighted by molar-refractivity contribution is -0.121. The predicted molar refractivity (Wildman–Crippen MR) is 84.3 cm³/mol. The molecule has 1 aromatic rings. The number of hydrogen-bond donors (Lipinski definition) is 3. The smallest absolute Gasteiger partial charge is 0.227 e. The van der Waals surface area contributed by atoms with Crippen LogP contribution in [0, 0.1) is 18.8 Å². The van der Waals surface area contributed by atoms with Gasteiger partial charge in [-0.3, -0.25) is 9.59 Å². The normalized spacial score (nSPS) is 16.0. The highest BCUT2D eigenvalue weighted by Gasteiger charge is 2.28. The Kier molecular flexibility index (Phi) is 4.96. The van der Waals surface area contributed by atoms with Gasteiger partial charge in [-0.2, -0.15) is 0 Å². The van der Waals surface area contributed by atoms with E-state index in [9.17, 15) is 9.59 Å². The second-order valence-corrected chi connectivity index (χ2v) is 5.63. The zero-order valence-electron chi connectivity index (χ0n) is 12.8. The number of carbonyl (C=O) groups is 2. The molecule has 21 heavy (non-hydrogen) atoms. The van der Waals surface area contributed by atoms with Crippen LogP contribution in [-0.4, -0.2) is 24.9 Å². The molecule has 1 aliphatic rings. The molecule has 2 amide bonds. The van der Waals surface area contributed by atoms with Crippen molar-refractivity contribution in [1.29, 1.82) is 0 Å². The fraction of sp³-hybridized carbons (Fsp3) is 0.500. The molecule has 1 heterocycles. The van der Waals surface area contributed by atoms with Crippen molar-refractivity contribution in [2.24, 2.45) is 11.8 Å². The molecule has 114 valence electrons. The second-order valence-electron chi connectivity index (χ2n) is 5.63. The Morgan fingerprint density at radius 3 is 2.62 bits per heavy atom. The fourth-order valence-electron chi connectivity index (χ4n) is 2.21. The van der Waals surface area contributed by atoms with E-state index < -0.39 is 0 Å². The Hall–Kier alpha value is -1.88. The van der Waals surface area contributed by atoms with Crippen LogP contribution < -0.4 is 16.0 Å². The average molecular weight is 289 g/mol. The zero-order valence-corrected chi connectivity index (χ0v) is 12.8. The predicted octanol–water partition coefficient (Wildman–Crippen LogP) is 2.14. The van der Waals surface area contributed by atoms with Gasteiger partial charge < -0.3 is 16.0 Å². The number of benzene rings is 1. The van der Waals surface area contributed by atoms with Crippen LogP contribution in [0.5, 0.6) is 0 Å². The van der Waals surface area contributed by atoms with Gasteiger partial charge in [-0.25, -0.2) is 0 Å². The van der Waals surface area contributed by atoms with Crippen molar-refractivity contribution in [1.82, 2.24) is 5.32 Å². The summed E-state index contributed by atoms with van der Waals surface area (Å²) in [7, 11) is 0. The van der Waals surface area contributed by atoms with Crippen molar-refractivity contribution >= 4 is 23.2 Å². The molecule has 1 fully saturated rings. The fourth-order valence-corrected chi connectivity index (χ4v) is 2.21. The molecular weight excluding hydrogens is 266 g/mol. The van der Waals surface area contributed by atoms with E-state index in [4.69, 9.17) is 0 Å². The zero-order chi connectivity index (χ0) is 15.4. The first-order valence-corrected chi connectivity index (χ1v) is 7.43. The maximum Gasteiger partial charge on any atom is 0.227 e. The molecule has 1 saturated heterocycles. The van der Waals surface area contributed by atoms with Gasteiger partial charge in [0.15, 0.2) is 0 Å². The molecular formula is C16H23N3O2. The summed E-state index contributed by atoms with van der Waals surface area (Å²) in [5, 5.41) is 8.96. The number of amides is 2. The van der Waals surface area contributed by atoms with E-state index in [0.717, 1.165) is 24.3 Å². The van der Waals surface area contributed by atoms with Crippen LogP contribution in [0.1, 0.15) is 25.8 Å². The van der Waals surface area contributed by atoms with Gasteiger partial charge in [0.2, 0.25) is 11.8 Å². The van der Waals surface area contributed by atoms with Crippen LogP contribution in [-0.2, 0) is 9.59 Å². The first kappa shape index (κ1) is 15.5. The molecule has 0 bridgehead atoms. The van der Waals surface area contributed by atoms with Crippen LogP contribution in [0.15, 0.2) is 18.2 Å². The van der Waals surface area contributed by atoms with Gasteiger partial charge in [0.25, 0.3) is 0 Å². The minimum Gasteiger partial charge on any atom is -0.326 e. The minimum atomic E-state index is -0.0370. The van der Waals surface area contributed by atoms with Gasteiger partial charge >= 0.3 is 0 Å². The van der Waals surface area contributed by atoms with Crippen molar-refractivity contribution in [3.63, 3.8) is 0 Å². The van der Waals surface area contributed by atoms with Gasteiger partial charge in [0, 0.05) is 23.7 Å². The third-order valence-corrected chi connectivity index (χ3v) is 4.03. The van der Waals surface area contributed by atoms with Gasteiger partial charge in [-0.1, -0.05) is 19.9 Å². The monoisotopic (exact) mass is 289 g/mol. The molecule has 1 atom stereocenters. The van der Waals surface area contributed by atoms with E-state index in [0.29, 0.717) is 18.0 Å². The van der Waals surface area contributed by atoms with Crippen LogP contribution in [0.25, 0.3) is 0 Å². The van der Waals surface area contributed by atoms with Gasteiger partial charge in [0.05, 0.1) is 0 Å². The summed E-state index contributed by atoms with van der Waals surface area (Å²) in [6.07, 6.45) is 0.432. The summed E-state index contributed by atoms with van der Waals surface area (Å²) < 4.78 is 0. The lowest BCUT2D eigenvalue weighted by Crippen LogP contribution is -2.48. The first-order valence-electron chi connectivity index (χ1n) is 7.43. The molecule has 0 aromatic heterocycles. The summed E-state index contributed by atoms with van der Waals surface area (Å²) in [5.74, 6) is 0.390. The van der Waals surface area contributed by atoms with E-state index in [1.54, 1.807) is 6.92 Å². The molecule has 5 nitrogen and oxygen atoms in total. The van der Waals surface area contributed by atoms with E-state index in [1.807, 2.05) is 32.0 Å². The topological polar surface area (TPSA) is 70.2 Å². The molecule has 0 spiro atoms. The molecule has 1 aromatic carbocycles. The molecule has 0 radical (unpaired) electrons. The molecule has 1 unspecified atom stereocenters. The molecule has 1 aliphatic heterocycles. The minimum absolute atomic E-state index is 0.0143. The Morgan fingerprint density at radius 2 is 2.05 bits per heavy atom. The van der Waals surface area contributed by atoms with Crippen LogP contribution in [0.3, 0.4) is 0 Å². The molecule has 3 N–H and O–H groups in total. The van der Waals surface area contributed by atoms with Crippen molar-refractivity contribution < 1.29 is 9.59 Å². The standard InChI is InChI=1S/C16H23N3O2/c1-4-15(20)18-13-6-5-10(2)14(7-13)19-16(21)11(3)12-8-17-9-12/h5-7,11-12,17H,4,8-9H2,1-3H3,(H,18,20)(H,19,21). The van der Waals surface area contributed by atoms with Gasteiger partial charge in [0.1, 0.15) is 0 Å². The van der Waals surface area contributed by atoms with Crippen molar-refractivity contribution in [3.05, 3.63) is 23.8 Å². The lowest BCUT2D eigenvalue weighted by Gasteiger charge is -2.31. The van der Waals surface area contributed by atoms with Crippen molar-refractivity contribution in [2.75, 3.05) is 23.7 Å². The lowest BCUT2D eigenvalue weighted by atomic mass is 9.88. The van der Waals surface area contributed by atoms with E-state index >= 15 is 0 Å². The van der Waals surface area contributed by atoms with Gasteiger partial charge in [-0.15, -0.1) is 0 Å². The maximum atomic E-state index is 12.3. The number of rotatable bonds is 5. The quantitative estimate of drug-likeness (QED) is 0.778. The third kappa shape index (κ3) is 3.82. The van der Waals surface area contributed by atoms with Crippen molar-refractivity contribution in [3.8, 4) is 0 Å². The summed E-state index contributed by atoms with van der Waals surface area (Å²) in [4.78, 5) is 23.7. The maximum absolute atomic E-state index is 12.3. The number of nitrogens with one attached hydrogen (secondary N) is 3. The second kappa shape index (κ2) is 6.72. The van der Waals surface area contributed by atoms with E-state index in [2.05, 4.69) is 16.0 Å². The molecule has 2 rings (SSSR count). The Balaban J connectivity index is 2.05. The summed E-state index contributed by atoms with van der Waals surface area (Å²) in [5.41, 5.74) is 2.45. The number of aryl methyl sites for hydroxylation is 1. The SMILES string of the molecule is CCC(=O)Nc1ccc(C)c(NC(=O)C(C)C2CNC2)c1. The van der Waals surface area contributed by atoms with E-state index in [-0.39, 0.29) is 17.7 Å². The number of carbonyl (C=O) groups excluding carboxylic acids is 2. The third-order valence-electron chi connectivity index (χ3n) is 4.03. The first-order chi connectivity index (χ1) is 10.0. The Bertz CT molecular complexity index is 538. The largest absolute Gasteiger partial charge is 0.326 e. The number of hydrogen-bond acceptors (Lipinski definition) is 3. The highest BCUT2D eigenvalue weighted by Crippen LogP contribution is 2.23. The average Bonchev–Trinajstić information content (AvgIpc) is 2.40. The summed E-state index contributed by atoms with van der Waals surface area (Å²) in [6.45, 7) is 7.51. The van der Waals surface area contributed by atoms with Crippen LogP contribution in [0.4, 0.5) is 11.4 Å². The Morgan fingerprint density at radius 1 is 1.33 bits per heavy atom. The van der Waals surface area contributed by atoms with E-state index in [1.165, 1.54) is 0 Å². The van der Waals surface area contributed by atoms with Crippen LogP contribution >= 0.6 is 0 Å². The molecule has 0 saturated carbocycles. The summed E-state index contributed by atoms with van der Waals surface area (Å²) in [6, 6.07) is 5.56.